The van der Waals surface area contributed by atoms with Crippen LogP contribution in [-0.4, -0.2) is 13.2 Å². The van der Waals surface area contributed by atoms with E-state index in [4.69, 9.17) is 10.5 Å². The molecule has 0 saturated carbocycles. The third kappa shape index (κ3) is 1.84. The van der Waals surface area contributed by atoms with Crippen LogP contribution in [0.15, 0.2) is 42.5 Å². The Labute approximate surface area is 101 Å². The number of hydrogen-bond donors (Lipinski definition) is 1. The van der Waals surface area contributed by atoms with Crippen LogP contribution in [0.2, 0.25) is 0 Å². The predicted molar refractivity (Wildman–Crippen MR) is 69.9 cm³/mol. The molecule has 0 bridgehead atoms. The van der Waals surface area contributed by atoms with Crippen LogP contribution in [0.5, 0.6) is 0 Å². The molecule has 0 spiro atoms. The first kappa shape index (κ1) is 10.8. The first-order chi connectivity index (χ1) is 8.30. The van der Waals surface area contributed by atoms with Crippen molar-refractivity contribution in [1.82, 2.24) is 0 Å². The van der Waals surface area contributed by atoms with E-state index in [1.54, 1.807) is 0 Å². The molecule has 1 saturated heterocycles. The van der Waals surface area contributed by atoms with Crippen LogP contribution in [0.25, 0.3) is 10.8 Å². The highest BCUT2D eigenvalue weighted by Gasteiger charge is 2.31. The lowest BCUT2D eigenvalue weighted by Crippen LogP contribution is -2.42. The van der Waals surface area contributed by atoms with E-state index in [2.05, 4.69) is 42.5 Å². The lowest BCUT2D eigenvalue weighted by molar-refractivity contribution is 0.0527. The van der Waals surface area contributed by atoms with Crippen molar-refractivity contribution >= 4 is 10.8 Å². The molecule has 88 valence electrons. The quantitative estimate of drug-likeness (QED) is 0.813. The van der Waals surface area contributed by atoms with Gasteiger partial charge in [-0.3, -0.25) is 0 Å². The topological polar surface area (TPSA) is 35.2 Å². The molecule has 1 aliphatic rings. The molecule has 0 radical (unpaired) electrons. The first-order valence-electron chi connectivity index (χ1n) is 6.14. The number of benzene rings is 2. The van der Waals surface area contributed by atoms with Crippen molar-refractivity contribution in [1.29, 1.82) is 0 Å². The fraction of sp³-hybridized carbons (Fsp3) is 0.333. The third-order valence-corrected chi connectivity index (χ3v) is 3.71. The summed E-state index contributed by atoms with van der Waals surface area (Å²) in [6.45, 7) is 1.53. The summed E-state index contributed by atoms with van der Waals surface area (Å²) >= 11 is 0. The molecular formula is C15H17NO. The van der Waals surface area contributed by atoms with Crippen molar-refractivity contribution in [3.05, 3.63) is 48.0 Å². The van der Waals surface area contributed by atoms with Crippen LogP contribution in [0.1, 0.15) is 18.4 Å². The van der Waals surface area contributed by atoms with Gasteiger partial charge in [0.25, 0.3) is 0 Å². The summed E-state index contributed by atoms with van der Waals surface area (Å²) in [7, 11) is 0. The summed E-state index contributed by atoms with van der Waals surface area (Å²) in [6.07, 6.45) is 1.81. The number of rotatable bonds is 1. The van der Waals surface area contributed by atoms with Gasteiger partial charge in [0.05, 0.1) is 0 Å². The number of fused-ring (bicyclic) bond motifs is 1. The zero-order valence-corrected chi connectivity index (χ0v) is 9.86. The summed E-state index contributed by atoms with van der Waals surface area (Å²) in [5.74, 6) is 0. The second-order valence-electron chi connectivity index (χ2n) is 4.80. The van der Waals surface area contributed by atoms with Gasteiger partial charge in [-0.2, -0.15) is 0 Å². The molecular weight excluding hydrogens is 210 g/mol. The van der Waals surface area contributed by atoms with Gasteiger partial charge in [-0.05, 0) is 29.2 Å². The van der Waals surface area contributed by atoms with Crippen LogP contribution in [0, 0.1) is 0 Å². The smallest absolute Gasteiger partial charge is 0.0486 e. The Morgan fingerprint density at radius 1 is 0.941 bits per heavy atom. The minimum atomic E-state index is -0.223. The van der Waals surface area contributed by atoms with Crippen LogP contribution >= 0.6 is 0 Å². The third-order valence-electron chi connectivity index (χ3n) is 3.71. The fourth-order valence-corrected chi connectivity index (χ4v) is 2.66. The molecule has 17 heavy (non-hydrogen) atoms. The van der Waals surface area contributed by atoms with E-state index in [1.807, 2.05) is 0 Å². The zero-order chi connectivity index (χ0) is 11.7. The minimum absolute atomic E-state index is 0.223. The number of hydrogen-bond acceptors (Lipinski definition) is 2. The molecule has 0 atom stereocenters. The largest absolute Gasteiger partial charge is 0.381 e. The monoisotopic (exact) mass is 227 g/mol. The summed E-state index contributed by atoms with van der Waals surface area (Å²) in [5, 5.41) is 2.54. The van der Waals surface area contributed by atoms with Gasteiger partial charge in [0.15, 0.2) is 0 Å². The Morgan fingerprint density at radius 3 is 2.47 bits per heavy atom. The molecule has 0 aliphatic carbocycles. The molecule has 0 aromatic heterocycles. The maximum absolute atomic E-state index is 6.57. The zero-order valence-electron chi connectivity index (χ0n) is 9.86. The van der Waals surface area contributed by atoms with Crippen molar-refractivity contribution in [2.45, 2.75) is 18.4 Å². The Balaban J connectivity index is 2.16. The molecule has 2 nitrogen and oxygen atoms in total. The van der Waals surface area contributed by atoms with Crippen LogP contribution in [-0.2, 0) is 10.3 Å². The molecule has 1 heterocycles. The normalized spacial score (nSPS) is 19.4. The molecule has 2 heteroatoms. The van der Waals surface area contributed by atoms with E-state index in [0.29, 0.717) is 0 Å². The molecule has 0 amide bonds. The van der Waals surface area contributed by atoms with Gasteiger partial charge < -0.3 is 10.5 Å². The van der Waals surface area contributed by atoms with E-state index in [0.717, 1.165) is 26.1 Å². The molecule has 2 aromatic rings. The number of nitrogens with two attached hydrogens (primary N) is 1. The predicted octanol–water partition coefficient (Wildman–Crippen LogP) is 2.80. The van der Waals surface area contributed by atoms with E-state index < -0.39 is 0 Å². The molecule has 3 rings (SSSR count). The average Bonchev–Trinajstić information content (AvgIpc) is 2.39. The maximum Gasteiger partial charge on any atom is 0.0486 e. The molecule has 2 N–H and O–H groups in total. The Kier molecular flexibility index (Phi) is 2.61. The van der Waals surface area contributed by atoms with Crippen molar-refractivity contribution < 1.29 is 4.74 Å². The lowest BCUT2D eigenvalue weighted by atomic mass is 9.81. The molecule has 0 unspecified atom stereocenters. The van der Waals surface area contributed by atoms with E-state index in [1.165, 1.54) is 16.3 Å². The van der Waals surface area contributed by atoms with E-state index >= 15 is 0 Å². The molecule has 2 aromatic carbocycles. The summed E-state index contributed by atoms with van der Waals surface area (Å²) < 4.78 is 5.42. The summed E-state index contributed by atoms with van der Waals surface area (Å²) in [6, 6.07) is 14.8. The Hall–Kier alpha value is -1.38. The van der Waals surface area contributed by atoms with Crippen molar-refractivity contribution in [3.8, 4) is 0 Å². The summed E-state index contributed by atoms with van der Waals surface area (Å²) in [5.41, 5.74) is 7.61. The van der Waals surface area contributed by atoms with Gasteiger partial charge in [-0.25, -0.2) is 0 Å². The van der Waals surface area contributed by atoms with Gasteiger partial charge in [0, 0.05) is 18.8 Å². The van der Waals surface area contributed by atoms with Crippen molar-refractivity contribution in [2.75, 3.05) is 13.2 Å². The van der Waals surface area contributed by atoms with Crippen LogP contribution in [0.4, 0.5) is 0 Å². The van der Waals surface area contributed by atoms with Crippen molar-refractivity contribution in [3.63, 3.8) is 0 Å². The van der Waals surface area contributed by atoms with E-state index in [9.17, 15) is 0 Å². The fourth-order valence-electron chi connectivity index (χ4n) is 2.66. The standard InChI is InChI=1S/C15H17NO/c16-15(8-10-17-11-9-15)14-7-3-5-12-4-1-2-6-13(12)14/h1-7H,8-11,16H2. The minimum Gasteiger partial charge on any atom is -0.381 e. The molecule has 1 fully saturated rings. The van der Waals surface area contributed by atoms with Gasteiger partial charge in [0.1, 0.15) is 0 Å². The average molecular weight is 227 g/mol. The SMILES string of the molecule is NC1(c2cccc3ccccc23)CCOCC1. The second kappa shape index (κ2) is 4.13. The van der Waals surface area contributed by atoms with Gasteiger partial charge in [-0.15, -0.1) is 0 Å². The van der Waals surface area contributed by atoms with Crippen LogP contribution < -0.4 is 5.73 Å². The lowest BCUT2D eigenvalue weighted by Gasteiger charge is -2.34. The van der Waals surface area contributed by atoms with Crippen LogP contribution in [0.3, 0.4) is 0 Å². The molecule has 1 aliphatic heterocycles. The highest BCUT2D eigenvalue weighted by Crippen LogP contribution is 2.34. The maximum atomic E-state index is 6.57. The Bertz CT molecular complexity index is 524. The second-order valence-corrected chi connectivity index (χ2v) is 4.80. The van der Waals surface area contributed by atoms with Gasteiger partial charge in [-0.1, -0.05) is 42.5 Å². The highest BCUT2D eigenvalue weighted by atomic mass is 16.5. The van der Waals surface area contributed by atoms with E-state index in [-0.39, 0.29) is 5.54 Å². The van der Waals surface area contributed by atoms with Crippen molar-refractivity contribution in [2.24, 2.45) is 5.73 Å². The Morgan fingerprint density at radius 2 is 1.65 bits per heavy atom. The number of ether oxygens (including phenoxy) is 1. The van der Waals surface area contributed by atoms with Gasteiger partial charge >= 0.3 is 0 Å². The highest BCUT2D eigenvalue weighted by molar-refractivity contribution is 5.86. The van der Waals surface area contributed by atoms with Gasteiger partial charge in [0.2, 0.25) is 0 Å². The summed E-state index contributed by atoms with van der Waals surface area (Å²) in [4.78, 5) is 0. The first-order valence-corrected chi connectivity index (χ1v) is 6.14.